The van der Waals surface area contributed by atoms with Gasteiger partial charge in [0.05, 0.1) is 0 Å². The van der Waals surface area contributed by atoms with Gasteiger partial charge in [-0.1, -0.05) is 22.9 Å². The number of ketones is 1. The van der Waals surface area contributed by atoms with E-state index in [1.165, 1.54) is 5.69 Å². The molecule has 80 valence electrons. The highest BCUT2D eigenvalue weighted by Crippen LogP contribution is 2.22. The van der Waals surface area contributed by atoms with Crippen molar-refractivity contribution in [2.75, 3.05) is 18.0 Å². The highest BCUT2D eigenvalue weighted by atomic mass is 79.9. The number of piperidine rings is 1. The number of halogens is 1. The van der Waals surface area contributed by atoms with Crippen LogP contribution < -0.4 is 4.90 Å². The molecule has 0 N–H and O–H groups in total. The molecule has 1 heterocycles. The topological polar surface area (TPSA) is 20.3 Å². The number of benzene rings is 1. The molecule has 1 unspecified atom stereocenters. The second kappa shape index (κ2) is 4.35. The average Bonchev–Trinajstić information content (AvgIpc) is 2.23. The highest BCUT2D eigenvalue weighted by Gasteiger charge is 2.23. The smallest absolute Gasteiger partial charge is 0.139 e. The standard InChI is InChI=1S/C12H14BrNO/c1-9-8-14(7-6-12(9)15)11-4-2-10(13)3-5-11/h2-5,9H,6-8H2,1H3. The third kappa shape index (κ3) is 2.40. The zero-order valence-corrected chi connectivity index (χ0v) is 10.3. The fourth-order valence-electron chi connectivity index (χ4n) is 1.90. The average molecular weight is 268 g/mol. The summed E-state index contributed by atoms with van der Waals surface area (Å²) in [6.07, 6.45) is 0.678. The van der Waals surface area contributed by atoms with Crippen LogP contribution in [0.4, 0.5) is 5.69 Å². The number of nitrogens with zero attached hydrogens (tertiary/aromatic N) is 1. The first-order valence-corrected chi connectivity index (χ1v) is 5.99. The summed E-state index contributed by atoms with van der Waals surface area (Å²) in [5.41, 5.74) is 1.21. The van der Waals surface area contributed by atoms with Crippen LogP contribution in [0.2, 0.25) is 0 Å². The van der Waals surface area contributed by atoms with E-state index in [0.29, 0.717) is 12.2 Å². The van der Waals surface area contributed by atoms with Crippen LogP contribution in [0.5, 0.6) is 0 Å². The van der Waals surface area contributed by atoms with E-state index in [-0.39, 0.29) is 5.92 Å². The van der Waals surface area contributed by atoms with Crippen molar-refractivity contribution in [1.29, 1.82) is 0 Å². The van der Waals surface area contributed by atoms with E-state index >= 15 is 0 Å². The number of Topliss-reactive ketones (excluding diaryl/α,β-unsaturated/α-hetero) is 1. The fraction of sp³-hybridized carbons (Fsp3) is 0.417. The Balaban J connectivity index is 2.12. The number of carbonyl (C=O) groups excluding carboxylic acids is 1. The first-order valence-electron chi connectivity index (χ1n) is 5.20. The molecular weight excluding hydrogens is 254 g/mol. The van der Waals surface area contributed by atoms with E-state index in [1.54, 1.807) is 0 Å². The predicted octanol–water partition coefficient (Wildman–Crippen LogP) is 2.86. The maximum atomic E-state index is 11.4. The Bertz CT molecular complexity index is 360. The molecule has 0 aromatic heterocycles. The van der Waals surface area contributed by atoms with Gasteiger partial charge in [-0.25, -0.2) is 0 Å². The summed E-state index contributed by atoms with van der Waals surface area (Å²) < 4.78 is 1.09. The van der Waals surface area contributed by atoms with Crippen molar-refractivity contribution in [1.82, 2.24) is 0 Å². The lowest BCUT2D eigenvalue weighted by Crippen LogP contribution is -2.39. The van der Waals surface area contributed by atoms with E-state index < -0.39 is 0 Å². The molecule has 1 aliphatic rings. The van der Waals surface area contributed by atoms with Crippen molar-refractivity contribution in [3.05, 3.63) is 28.7 Å². The van der Waals surface area contributed by atoms with Crippen LogP contribution in [-0.2, 0) is 4.79 Å². The Morgan fingerprint density at radius 3 is 2.60 bits per heavy atom. The third-order valence-corrected chi connectivity index (χ3v) is 3.39. The quantitative estimate of drug-likeness (QED) is 0.780. The molecule has 1 fully saturated rings. The van der Waals surface area contributed by atoms with Gasteiger partial charge in [0.1, 0.15) is 5.78 Å². The molecule has 0 bridgehead atoms. The third-order valence-electron chi connectivity index (χ3n) is 2.86. The van der Waals surface area contributed by atoms with Crippen molar-refractivity contribution < 1.29 is 4.79 Å². The van der Waals surface area contributed by atoms with E-state index in [1.807, 2.05) is 19.1 Å². The number of rotatable bonds is 1. The van der Waals surface area contributed by atoms with Crippen molar-refractivity contribution in [2.24, 2.45) is 5.92 Å². The molecule has 3 heteroatoms. The van der Waals surface area contributed by atoms with Crippen molar-refractivity contribution in [3.8, 4) is 0 Å². The van der Waals surface area contributed by atoms with Crippen LogP contribution in [0.3, 0.4) is 0 Å². The highest BCUT2D eigenvalue weighted by molar-refractivity contribution is 9.10. The van der Waals surface area contributed by atoms with Crippen LogP contribution >= 0.6 is 15.9 Å². The van der Waals surface area contributed by atoms with Crippen molar-refractivity contribution >= 4 is 27.4 Å². The monoisotopic (exact) mass is 267 g/mol. The molecule has 0 radical (unpaired) electrons. The molecule has 0 aliphatic carbocycles. The Morgan fingerprint density at radius 2 is 2.00 bits per heavy atom. The minimum Gasteiger partial charge on any atom is -0.370 e. The number of hydrogen-bond donors (Lipinski definition) is 0. The molecule has 0 saturated carbocycles. The lowest BCUT2D eigenvalue weighted by molar-refractivity contribution is -0.122. The van der Waals surface area contributed by atoms with E-state index in [2.05, 4.69) is 33.0 Å². The summed E-state index contributed by atoms with van der Waals surface area (Å²) in [6.45, 7) is 3.71. The summed E-state index contributed by atoms with van der Waals surface area (Å²) in [5.74, 6) is 0.561. The summed E-state index contributed by atoms with van der Waals surface area (Å²) in [5, 5.41) is 0. The molecule has 1 atom stereocenters. The predicted molar refractivity (Wildman–Crippen MR) is 65.1 cm³/mol. The molecule has 2 nitrogen and oxygen atoms in total. The summed E-state index contributed by atoms with van der Waals surface area (Å²) in [7, 11) is 0. The van der Waals surface area contributed by atoms with Crippen LogP contribution in [-0.4, -0.2) is 18.9 Å². The number of hydrogen-bond acceptors (Lipinski definition) is 2. The van der Waals surface area contributed by atoms with Gasteiger partial charge in [0.15, 0.2) is 0 Å². The molecule has 1 aromatic rings. The second-order valence-electron chi connectivity index (χ2n) is 4.04. The van der Waals surface area contributed by atoms with Gasteiger partial charge in [-0.15, -0.1) is 0 Å². The Labute approximate surface area is 98.4 Å². The zero-order valence-electron chi connectivity index (χ0n) is 8.74. The first kappa shape index (κ1) is 10.7. The Hall–Kier alpha value is -0.830. The molecule has 1 aromatic carbocycles. The SMILES string of the molecule is CC1CN(c2ccc(Br)cc2)CCC1=O. The minimum absolute atomic E-state index is 0.169. The molecule has 15 heavy (non-hydrogen) atoms. The summed E-state index contributed by atoms with van der Waals surface area (Å²) in [6, 6.07) is 8.26. The Kier molecular flexibility index (Phi) is 3.10. The van der Waals surface area contributed by atoms with Gasteiger partial charge in [-0.05, 0) is 24.3 Å². The first-order chi connectivity index (χ1) is 7.16. The molecular formula is C12H14BrNO. The van der Waals surface area contributed by atoms with E-state index in [0.717, 1.165) is 17.6 Å². The molecule has 2 rings (SSSR count). The van der Waals surface area contributed by atoms with Gasteiger partial charge in [0, 0.05) is 35.6 Å². The van der Waals surface area contributed by atoms with Gasteiger partial charge in [0.25, 0.3) is 0 Å². The number of anilines is 1. The molecule has 0 amide bonds. The normalized spacial score (nSPS) is 21.9. The zero-order chi connectivity index (χ0) is 10.8. The largest absolute Gasteiger partial charge is 0.370 e. The number of carbonyl (C=O) groups is 1. The molecule has 1 saturated heterocycles. The maximum absolute atomic E-state index is 11.4. The van der Waals surface area contributed by atoms with Gasteiger partial charge in [-0.2, -0.15) is 0 Å². The Morgan fingerprint density at radius 1 is 1.33 bits per heavy atom. The van der Waals surface area contributed by atoms with Crippen molar-refractivity contribution in [3.63, 3.8) is 0 Å². The lowest BCUT2D eigenvalue weighted by atomic mass is 9.98. The van der Waals surface area contributed by atoms with E-state index in [9.17, 15) is 4.79 Å². The fourth-order valence-corrected chi connectivity index (χ4v) is 2.17. The van der Waals surface area contributed by atoms with Crippen LogP contribution in [0.1, 0.15) is 13.3 Å². The van der Waals surface area contributed by atoms with Crippen molar-refractivity contribution in [2.45, 2.75) is 13.3 Å². The minimum atomic E-state index is 0.169. The van der Waals surface area contributed by atoms with Crippen LogP contribution in [0.15, 0.2) is 28.7 Å². The van der Waals surface area contributed by atoms with E-state index in [4.69, 9.17) is 0 Å². The van der Waals surface area contributed by atoms with Crippen LogP contribution in [0.25, 0.3) is 0 Å². The lowest BCUT2D eigenvalue weighted by Gasteiger charge is -2.31. The molecule has 0 spiro atoms. The van der Waals surface area contributed by atoms with Gasteiger partial charge in [0.2, 0.25) is 0 Å². The summed E-state index contributed by atoms with van der Waals surface area (Å²) >= 11 is 3.42. The summed E-state index contributed by atoms with van der Waals surface area (Å²) in [4.78, 5) is 13.7. The van der Waals surface area contributed by atoms with Gasteiger partial charge in [-0.3, -0.25) is 4.79 Å². The second-order valence-corrected chi connectivity index (χ2v) is 4.96. The van der Waals surface area contributed by atoms with Crippen LogP contribution in [0, 0.1) is 5.92 Å². The maximum Gasteiger partial charge on any atom is 0.139 e. The van der Waals surface area contributed by atoms with Gasteiger partial charge < -0.3 is 4.90 Å². The molecule has 1 aliphatic heterocycles. The van der Waals surface area contributed by atoms with Gasteiger partial charge >= 0.3 is 0 Å².